The number of hydrogen-bond acceptors (Lipinski definition) is 5. The molecule has 0 fully saturated rings. The van der Waals surface area contributed by atoms with Crippen molar-refractivity contribution in [3.8, 4) is 0 Å². The molecular formula is C10H27Br2N3O3S. The Balaban J connectivity index is -0.00000128. The summed E-state index contributed by atoms with van der Waals surface area (Å²) in [6, 6.07) is 0. The highest BCUT2D eigenvalue weighted by Gasteiger charge is 2.20. The average molecular weight is 429 g/mol. The van der Waals surface area contributed by atoms with E-state index in [-0.39, 0.29) is 39.7 Å². The van der Waals surface area contributed by atoms with Crippen LogP contribution in [0.25, 0.3) is 0 Å². The van der Waals surface area contributed by atoms with Gasteiger partial charge in [0.05, 0.1) is 36.8 Å². The van der Waals surface area contributed by atoms with Gasteiger partial charge in [-0.15, -0.1) is 34.0 Å². The zero-order valence-electron chi connectivity index (χ0n) is 11.4. The average Bonchev–Trinajstić information content (AvgIpc) is 2.22. The van der Waals surface area contributed by atoms with Crippen molar-refractivity contribution in [2.45, 2.75) is 19.3 Å². The SMILES string of the molecule is Br.Br.C[N+](CCCN)(CCCN)CCCS(=O)(=O)[O-]. The first-order valence-electron chi connectivity index (χ1n) is 6.00. The van der Waals surface area contributed by atoms with Gasteiger partial charge < -0.3 is 20.5 Å². The zero-order valence-corrected chi connectivity index (χ0v) is 15.7. The minimum absolute atomic E-state index is 0. The summed E-state index contributed by atoms with van der Waals surface area (Å²) in [7, 11) is -2.04. The maximum Gasteiger partial charge on any atom is 0.0948 e. The topological polar surface area (TPSA) is 109 Å². The summed E-state index contributed by atoms with van der Waals surface area (Å²) in [6.45, 7) is 3.72. The molecule has 0 bridgehead atoms. The van der Waals surface area contributed by atoms with E-state index in [0.717, 1.165) is 30.4 Å². The first-order chi connectivity index (χ1) is 7.83. The molecule has 0 saturated heterocycles. The molecule has 0 unspecified atom stereocenters. The fraction of sp³-hybridized carbons (Fsp3) is 1.00. The molecule has 0 atom stereocenters. The molecule has 0 radical (unpaired) electrons. The molecule has 0 saturated carbocycles. The van der Waals surface area contributed by atoms with Crippen molar-refractivity contribution >= 4 is 44.1 Å². The Kier molecular flexibility index (Phi) is 16.3. The van der Waals surface area contributed by atoms with Gasteiger partial charge in [-0.2, -0.15) is 0 Å². The van der Waals surface area contributed by atoms with E-state index in [1.54, 1.807) is 0 Å². The summed E-state index contributed by atoms with van der Waals surface area (Å²) in [5, 5.41) is 0. The zero-order chi connectivity index (χ0) is 13.4. The number of nitrogens with two attached hydrogens (primary N) is 2. The predicted octanol–water partition coefficient (Wildman–Crippen LogP) is 0.222. The minimum Gasteiger partial charge on any atom is -0.748 e. The predicted molar refractivity (Wildman–Crippen MR) is 88.0 cm³/mol. The van der Waals surface area contributed by atoms with Crippen molar-refractivity contribution in [1.29, 1.82) is 0 Å². The third kappa shape index (κ3) is 15.0. The molecule has 0 aliphatic rings. The molecule has 9 heteroatoms. The van der Waals surface area contributed by atoms with Crippen molar-refractivity contribution in [3.05, 3.63) is 0 Å². The van der Waals surface area contributed by atoms with Gasteiger partial charge in [-0.3, -0.25) is 0 Å². The third-order valence-electron chi connectivity index (χ3n) is 2.90. The van der Waals surface area contributed by atoms with Gasteiger partial charge in [0.15, 0.2) is 0 Å². The van der Waals surface area contributed by atoms with Gasteiger partial charge >= 0.3 is 0 Å². The summed E-state index contributed by atoms with van der Waals surface area (Å²) in [6.07, 6.45) is 2.19. The van der Waals surface area contributed by atoms with Crippen LogP contribution in [0.5, 0.6) is 0 Å². The first kappa shape index (κ1) is 24.7. The van der Waals surface area contributed by atoms with Gasteiger partial charge in [-0.1, -0.05) is 0 Å². The summed E-state index contributed by atoms with van der Waals surface area (Å²) in [5.41, 5.74) is 11.0. The van der Waals surface area contributed by atoms with E-state index >= 15 is 0 Å². The van der Waals surface area contributed by atoms with E-state index in [1.165, 1.54) is 0 Å². The molecule has 0 aliphatic carbocycles. The second kappa shape index (κ2) is 12.5. The fourth-order valence-electron chi connectivity index (χ4n) is 1.90. The van der Waals surface area contributed by atoms with Gasteiger partial charge in [0.1, 0.15) is 0 Å². The summed E-state index contributed by atoms with van der Waals surface area (Å²) in [4.78, 5) is 0. The van der Waals surface area contributed by atoms with Crippen LogP contribution >= 0.6 is 34.0 Å². The molecule has 4 N–H and O–H groups in total. The number of rotatable bonds is 10. The lowest BCUT2D eigenvalue weighted by Crippen LogP contribution is -2.47. The molecule has 120 valence electrons. The molecule has 0 spiro atoms. The Morgan fingerprint density at radius 2 is 1.32 bits per heavy atom. The van der Waals surface area contributed by atoms with Crippen molar-refractivity contribution in [2.75, 3.05) is 45.5 Å². The van der Waals surface area contributed by atoms with E-state index in [0.29, 0.717) is 26.1 Å². The van der Waals surface area contributed by atoms with Crippen LogP contribution in [0.3, 0.4) is 0 Å². The standard InChI is InChI=1S/C10H25N3O3S.2BrH/c1-13(7-2-5-11,8-3-6-12)9-4-10-17(14,15)16;;/h2-12H2,1H3;2*1H. The van der Waals surface area contributed by atoms with Crippen LogP contribution in [0, 0.1) is 0 Å². The van der Waals surface area contributed by atoms with Crippen molar-refractivity contribution in [2.24, 2.45) is 11.5 Å². The lowest BCUT2D eigenvalue weighted by atomic mass is 10.2. The molecule has 0 heterocycles. The highest BCUT2D eigenvalue weighted by Crippen LogP contribution is 2.08. The van der Waals surface area contributed by atoms with E-state index in [9.17, 15) is 13.0 Å². The smallest absolute Gasteiger partial charge is 0.0948 e. The van der Waals surface area contributed by atoms with E-state index in [2.05, 4.69) is 7.05 Å². The summed E-state index contributed by atoms with van der Waals surface area (Å²) >= 11 is 0. The van der Waals surface area contributed by atoms with Crippen LogP contribution < -0.4 is 11.5 Å². The molecule has 0 amide bonds. The first-order valence-corrected chi connectivity index (χ1v) is 7.58. The summed E-state index contributed by atoms with van der Waals surface area (Å²) < 4.78 is 32.4. The Bertz CT molecular complexity index is 294. The van der Waals surface area contributed by atoms with Crippen molar-refractivity contribution in [1.82, 2.24) is 0 Å². The number of nitrogens with zero attached hydrogens (tertiary/aromatic N) is 1. The van der Waals surface area contributed by atoms with Gasteiger partial charge in [0.25, 0.3) is 0 Å². The largest absolute Gasteiger partial charge is 0.748 e. The number of halogens is 2. The van der Waals surface area contributed by atoms with Crippen LogP contribution in [0.2, 0.25) is 0 Å². The molecule has 0 aromatic rings. The van der Waals surface area contributed by atoms with E-state index < -0.39 is 10.1 Å². The molecule has 6 nitrogen and oxygen atoms in total. The number of hydrogen-bond donors (Lipinski definition) is 2. The van der Waals surface area contributed by atoms with E-state index in [1.807, 2.05) is 0 Å². The maximum absolute atomic E-state index is 10.5. The molecule has 0 aliphatic heterocycles. The van der Waals surface area contributed by atoms with Crippen LogP contribution in [-0.4, -0.2) is 63.0 Å². The lowest BCUT2D eigenvalue weighted by Gasteiger charge is -2.35. The van der Waals surface area contributed by atoms with Gasteiger partial charge in [0, 0.05) is 25.0 Å². The van der Waals surface area contributed by atoms with Gasteiger partial charge in [0.2, 0.25) is 0 Å². The van der Waals surface area contributed by atoms with Crippen LogP contribution in [-0.2, 0) is 10.1 Å². The van der Waals surface area contributed by atoms with Crippen LogP contribution in [0.4, 0.5) is 0 Å². The molecule has 0 aromatic heterocycles. The Morgan fingerprint density at radius 1 is 0.947 bits per heavy atom. The fourth-order valence-corrected chi connectivity index (χ4v) is 2.39. The number of quaternary nitrogens is 1. The van der Waals surface area contributed by atoms with Gasteiger partial charge in [-0.05, 0) is 13.1 Å². The Labute approximate surface area is 137 Å². The van der Waals surface area contributed by atoms with Gasteiger partial charge in [-0.25, -0.2) is 8.42 Å². The molecular weight excluding hydrogens is 402 g/mol. The van der Waals surface area contributed by atoms with Crippen LogP contribution in [0.1, 0.15) is 19.3 Å². The third-order valence-corrected chi connectivity index (χ3v) is 3.69. The quantitative estimate of drug-likeness (QED) is 0.382. The maximum atomic E-state index is 10.5. The lowest BCUT2D eigenvalue weighted by molar-refractivity contribution is -0.909. The second-order valence-electron chi connectivity index (χ2n) is 4.69. The molecule has 19 heavy (non-hydrogen) atoms. The molecule has 0 rings (SSSR count). The normalized spacial score (nSPS) is 11.6. The van der Waals surface area contributed by atoms with Crippen molar-refractivity contribution in [3.63, 3.8) is 0 Å². The van der Waals surface area contributed by atoms with E-state index in [4.69, 9.17) is 11.5 Å². The Morgan fingerprint density at radius 3 is 1.63 bits per heavy atom. The van der Waals surface area contributed by atoms with Crippen molar-refractivity contribution < 1.29 is 17.5 Å². The Hall–Kier alpha value is 0.750. The molecule has 0 aromatic carbocycles. The van der Waals surface area contributed by atoms with Crippen LogP contribution in [0.15, 0.2) is 0 Å². The monoisotopic (exact) mass is 427 g/mol. The summed E-state index contributed by atoms with van der Waals surface area (Å²) in [5.74, 6) is -0.286. The highest BCUT2D eigenvalue weighted by molar-refractivity contribution is 8.93. The minimum atomic E-state index is -4.10. The second-order valence-corrected chi connectivity index (χ2v) is 6.21. The highest BCUT2D eigenvalue weighted by atomic mass is 79.9.